The van der Waals surface area contributed by atoms with Gasteiger partial charge in [-0.1, -0.05) is 12.1 Å². The lowest BCUT2D eigenvalue weighted by atomic mass is 9.86. The summed E-state index contributed by atoms with van der Waals surface area (Å²) in [5.74, 6) is -1.32. The Kier molecular flexibility index (Phi) is 5.31. The molecule has 1 spiro atoms. The lowest BCUT2D eigenvalue weighted by molar-refractivity contribution is -0.306. The van der Waals surface area contributed by atoms with E-state index in [-0.39, 0.29) is 12.3 Å². The Bertz CT molecular complexity index is 776. The lowest BCUT2D eigenvalue weighted by Gasteiger charge is -2.45. The molecule has 8 nitrogen and oxygen atoms in total. The van der Waals surface area contributed by atoms with Crippen LogP contribution in [0.1, 0.15) is 30.4 Å². The molecule has 0 N–H and O–H groups in total. The summed E-state index contributed by atoms with van der Waals surface area (Å²) in [6, 6.07) is 8.97. The molecule has 1 aromatic rings. The smallest absolute Gasteiger partial charge is 0.410 e. The zero-order chi connectivity index (χ0) is 19.4. The number of carboxylic acid groups (broad SMARTS) is 1. The molecular formula is C19H20N3O5-. The molecule has 2 heterocycles. The molecule has 142 valence electrons. The van der Waals surface area contributed by atoms with E-state index >= 15 is 0 Å². The molecule has 0 unspecified atom stereocenters. The fourth-order valence-electron chi connectivity index (χ4n) is 3.53. The number of aliphatic carboxylic acids is 1. The van der Waals surface area contributed by atoms with Crippen molar-refractivity contribution in [2.75, 3.05) is 26.2 Å². The Balaban J connectivity index is 1.52. The molecule has 2 aliphatic heterocycles. The summed E-state index contributed by atoms with van der Waals surface area (Å²) in [5, 5.41) is 19.5. The number of amides is 2. The van der Waals surface area contributed by atoms with E-state index in [1.54, 1.807) is 29.2 Å². The summed E-state index contributed by atoms with van der Waals surface area (Å²) in [5.41, 5.74) is 0.782. The van der Waals surface area contributed by atoms with Crippen molar-refractivity contribution in [3.63, 3.8) is 0 Å². The number of nitrogens with zero attached hydrogens (tertiary/aromatic N) is 3. The Morgan fingerprint density at radius 3 is 2.33 bits per heavy atom. The van der Waals surface area contributed by atoms with Crippen LogP contribution in [0.25, 0.3) is 0 Å². The molecule has 0 aromatic heterocycles. The minimum atomic E-state index is -1.31. The van der Waals surface area contributed by atoms with Gasteiger partial charge < -0.3 is 24.4 Å². The van der Waals surface area contributed by atoms with Crippen LogP contribution in [0.3, 0.4) is 0 Å². The molecule has 1 aromatic carbocycles. The van der Waals surface area contributed by atoms with E-state index in [1.807, 2.05) is 6.07 Å². The molecule has 0 atom stereocenters. The van der Waals surface area contributed by atoms with Crippen LogP contribution < -0.4 is 5.11 Å². The molecular weight excluding hydrogens is 350 g/mol. The molecule has 0 saturated carbocycles. The molecule has 8 heteroatoms. The van der Waals surface area contributed by atoms with Crippen LogP contribution in [0, 0.1) is 11.3 Å². The number of piperidine rings is 1. The Hall–Kier alpha value is -3.08. The van der Waals surface area contributed by atoms with Gasteiger partial charge >= 0.3 is 6.09 Å². The second kappa shape index (κ2) is 7.66. The fraction of sp³-hybridized carbons (Fsp3) is 0.474. The van der Waals surface area contributed by atoms with Gasteiger partial charge in [-0.2, -0.15) is 5.26 Å². The van der Waals surface area contributed by atoms with Gasteiger partial charge in [-0.3, -0.25) is 4.79 Å². The highest BCUT2D eigenvalue weighted by Gasteiger charge is 2.43. The van der Waals surface area contributed by atoms with Gasteiger partial charge in [-0.05, 0) is 17.7 Å². The standard InChI is InChI=1S/C19H21N3O5/c20-12-15-3-1-14(2-4-15)11-16(23)21-8-5-19(6-9-21)7-10-22(13-17(24)25)18(26)27-19/h1-4H,5-11,13H2,(H,24,25)/p-1. The van der Waals surface area contributed by atoms with Crippen LogP contribution in [0.15, 0.2) is 24.3 Å². The van der Waals surface area contributed by atoms with Crippen molar-refractivity contribution in [3.05, 3.63) is 35.4 Å². The van der Waals surface area contributed by atoms with E-state index in [0.29, 0.717) is 44.5 Å². The molecule has 2 amide bonds. The second-order valence-electron chi connectivity index (χ2n) is 6.96. The van der Waals surface area contributed by atoms with Crippen molar-refractivity contribution in [1.29, 1.82) is 5.26 Å². The van der Waals surface area contributed by atoms with Crippen LogP contribution >= 0.6 is 0 Å². The summed E-state index contributed by atoms with van der Waals surface area (Å²) in [7, 11) is 0. The zero-order valence-corrected chi connectivity index (χ0v) is 14.8. The van der Waals surface area contributed by atoms with Crippen LogP contribution in [-0.2, 0) is 20.7 Å². The Morgan fingerprint density at radius 2 is 1.78 bits per heavy atom. The van der Waals surface area contributed by atoms with Crippen molar-refractivity contribution >= 4 is 18.0 Å². The maximum absolute atomic E-state index is 12.5. The largest absolute Gasteiger partial charge is 0.548 e. The first-order chi connectivity index (χ1) is 12.9. The molecule has 2 aliphatic rings. The predicted molar refractivity (Wildman–Crippen MR) is 91.1 cm³/mol. The van der Waals surface area contributed by atoms with Gasteiger partial charge in [0.1, 0.15) is 5.60 Å². The highest BCUT2D eigenvalue weighted by Crippen LogP contribution is 2.34. The number of likely N-dealkylation sites (tertiary alicyclic amines) is 1. The first-order valence-corrected chi connectivity index (χ1v) is 8.85. The molecule has 27 heavy (non-hydrogen) atoms. The highest BCUT2D eigenvalue weighted by molar-refractivity contribution is 5.79. The fourth-order valence-corrected chi connectivity index (χ4v) is 3.53. The summed E-state index contributed by atoms with van der Waals surface area (Å²) in [6.07, 6.45) is 1.25. The zero-order valence-electron chi connectivity index (χ0n) is 14.8. The second-order valence-corrected chi connectivity index (χ2v) is 6.96. The number of rotatable bonds is 4. The number of benzene rings is 1. The van der Waals surface area contributed by atoms with Crippen molar-refractivity contribution in [2.45, 2.75) is 31.3 Å². The van der Waals surface area contributed by atoms with E-state index in [0.717, 1.165) is 10.5 Å². The van der Waals surface area contributed by atoms with Gasteiger partial charge in [0.2, 0.25) is 5.91 Å². The SMILES string of the molecule is N#Cc1ccc(CC(=O)N2CCC3(CC2)CCN(CC(=O)[O-])C(=O)O3)cc1. The van der Waals surface area contributed by atoms with Gasteiger partial charge in [0.05, 0.1) is 30.6 Å². The van der Waals surface area contributed by atoms with E-state index < -0.39 is 24.2 Å². The first kappa shape index (κ1) is 18.7. The van der Waals surface area contributed by atoms with Gasteiger partial charge in [-0.25, -0.2) is 4.79 Å². The van der Waals surface area contributed by atoms with Crippen LogP contribution in [-0.4, -0.2) is 59.5 Å². The van der Waals surface area contributed by atoms with E-state index in [9.17, 15) is 19.5 Å². The molecule has 0 bridgehead atoms. The lowest BCUT2D eigenvalue weighted by Crippen LogP contribution is -2.56. The number of ether oxygens (including phenoxy) is 1. The average Bonchev–Trinajstić information content (AvgIpc) is 2.65. The average molecular weight is 370 g/mol. The van der Waals surface area contributed by atoms with Crippen molar-refractivity contribution in [3.8, 4) is 6.07 Å². The normalized spacial score (nSPS) is 18.7. The molecule has 2 saturated heterocycles. The Labute approximate surface area is 156 Å². The predicted octanol–water partition coefficient (Wildman–Crippen LogP) is 0.0542. The molecule has 3 rings (SSSR count). The van der Waals surface area contributed by atoms with E-state index in [4.69, 9.17) is 10.00 Å². The summed E-state index contributed by atoms with van der Waals surface area (Å²) < 4.78 is 5.53. The minimum absolute atomic E-state index is 0.00438. The quantitative estimate of drug-likeness (QED) is 0.740. The highest BCUT2D eigenvalue weighted by atomic mass is 16.6. The van der Waals surface area contributed by atoms with Crippen molar-refractivity contribution in [1.82, 2.24) is 9.80 Å². The maximum Gasteiger partial charge on any atom is 0.410 e. The Morgan fingerprint density at radius 1 is 1.15 bits per heavy atom. The van der Waals surface area contributed by atoms with Gasteiger partial charge in [0, 0.05) is 38.9 Å². The third-order valence-corrected chi connectivity index (χ3v) is 5.19. The van der Waals surface area contributed by atoms with Crippen LogP contribution in [0.2, 0.25) is 0 Å². The number of carboxylic acids is 1. The van der Waals surface area contributed by atoms with Crippen LogP contribution in [0.4, 0.5) is 4.79 Å². The van der Waals surface area contributed by atoms with E-state index in [1.165, 1.54) is 0 Å². The molecule has 2 fully saturated rings. The number of carbonyl (C=O) groups is 3. The van der Waals surface area contributed by atoms with E-state index in [2.05, 4.69) is 0 Å². The van der Waals surface area contributed by atoms with Gasteiger partial charge in [-0.15, -0.1) is 0 Å². The van der Waals surface area contributed by atoms with Crippen LogP contribution in [0.5, 0.6) is 0 Å². The molecule has 0 radical (unpaired) electrons. The summed E-state index contributed by atoms with van der Waals surface area (Å²) in [4.78, 5) is 38.1. The number of nitriles is 1. The third kappa shape index (κ3) is 4.37. The summed E-state index contributed by atoms with van der Waals surface area (Å²) in [6.45, 7) is 0.821. The minimum Gasteiger partial charge on any atom is -0.548 e. The topological polar surface area (TPSA) is 114 Å². The number of hydrogen-bond donors (Lipinski definition) is 0. The van der Waals surface area contributed by atoms with Gasteiger partial charge in [0.25, 0.3) is 0 Å². The van der Waals surface area contributed by atoms with Gasteiger partial charge in [0.15, 0.2) is 0 Å². The third-order valence-electron chi connectivity index (χ3n) is 5.19. The summed E-state index contributed by atoms with van der Waals surface area (Å²) >= 11 is 0. The first-order valence-electron chi connectivity index (χ1n) is 8.85. The monoisotopic (exact) mass is 370 g/mol. The number of carbonyl (C=O) groups excluding carboxylic acids is 3. The number of hydrogen-bond acceptors (Lipinski definition) is 6. The van der Waals surface area contributed by atoms with Crippen molar-refractivity contribution < 1.29 is 24.2 Å². The molecule has 0 aliphatic carbocycles. The van der Waals surface area contributed by atoms with Crippen molar-refractivity contribution in [2.24, 2.45) is 0 Å². The maximum atomic E-state index is 12.5.